The number of fused-ring (bicyclic) bond motifs is 2. The average Bonchev–Trinajstić information content (AvgIpc) is 2.51. The molecule has 0 aliphatic carbocycles. The molecule has 0 bridgehead atoms. The van der Waals surface area contributed by atoms with Crippen molar-refractivity contribution in [3.63, 3.8) is 0 Å². The van der Waals surface area contributed by atoms with E-state index >= 15 is 0 Å². The van der Waals surface area contributed by atoms with E-state index in [-0.39, 0.29) is 10.6 Å². The Bertz CT molecular complexity index is 959. The molecule has 0 saturated heterocycles. The molecule has 2 aromatic rings. The minimum absolute atomic E-state index is 0.00562. The van der Waals surface area contributed by atoms with Gasteiger partial charge in [0.2, 0.25) is 0 Å². The van der Waals surface area contributed by atoms with Crippen molar-refractivity contribution >= 4 is 39.3 Å². The summed E-state index contributed by atoms with van der Waals surface area (Å²) in [5.74, 6) is -0.597. The van der Waals surface area contributed by atoms with Crippen LogP contribution >= 0.6 is 11.8 Å². The SMILES string of the molecule is O=C(O)N1c2ccccc2Sc2c(OS(=O)(=O)C(F)(F)F)cccc21. The minimum Gasteiger partial charge on any atom is -0.464 e. The van der Waals surface area contributed by atoms with Gasteiger partial charge in [-0.05, 0) is 24.3 Å². The number of hydrogen-bond donors (Lipinski definition) is 1. The predicted octanol–water partition coefficient (Wildman–Crippen LogP) is 4.20. The lowest BCUT2D eigenvalue weighted by molar-refractivity contribution is -0.0500. The van der Waals surface area contributed by atoms with Crippen LogP contribution < -0.4 is 9.08 Å². The lowest BCUT2D eigenvalue weighted by Gasteiger charge is -2.29. The number of anilines is 2. The van der Waals surface area contributed by atoms with Crippen LogP contribution in [0.3, 0.4) is 0 Å². The molecule has 11 heteroatoms. The van der Waals surface area contributed by atoms with E-state index in [1.165, 1.54) is 18.2 Å². The first-order chi connectivity index (χ1) is 11.6. The second kappa shape index (κ2) is 5.85. The van der Waals surface area contributed by atoms with E-state index in [1.807, 2.05) is 0 Å². The summed E-state index contributed by atoms with van der Waals surface area (Å²) in [6.45, 7) is 0. The Kier molecular flexibility index (Phi) is 4.07. The van der Waals surface area contributed by atoms with E-state index in [9.17, 15) is 31.5 Å². The first-order valence-electron chi connectivity index (χ1n) is 6.55. The molecular weight excluding hydrogens is 383 g/mol. The Morgan fingerprint density at radius 2 is 1.72 bits per heavy atom. The predicted molar refractivity (Wildman–Crippen MR) is 82.8 cm³/mol. The molecule has 1 amide bonds. The normalized spacial score (nSPS) is 13.8. The van der Waals surface area contributed by atoms with Crippen LogP contribution in [0.25, 0.3) is 0 Å². The van der Waals surface area contributed by atoms with Crippen molar-refractivity contribution < 1.29 is 35.7 Å². The number of amides is 1. The van der Waals surface area contributed by atoms with Gasteiger partial charge < -0.3 is 9.29 Å². The summed E-state index contributed by atoms with van der Waals surface area (Å²) in [4.78, 5) is 12.9. The van der Waals surface area contributed by atoms with Crippen molar-refractivity contribution in [1.29, 1.82) is 0 Å². The van der Waals surface area contributed by atoms with Crippen molar-refractivity contribution in [2.45, 2.75) is 15.3 Å². The number of rotatable bonds is 2. The summed E-state index contributed by atoms with van der Waals surface area (Å²) in [7, 11) is -5.88. The van der Waals surface area contributed by atoms with E-state index < -0.39 is 27.5 Å². The summed E-state index contributed by atoms with van der Waals surface area (Å²) >= 11 is 0.920. The number of benzene rings is 2. The number of hydrogen-bond acceptors (Lipinski definition) is 5. The molecule has 1 N–H and O–H groups in total. The maximum absolute atomic E-state index is 12.6. The highest BCUT2D eigenvalue weighted by atomic mass is 32.2. The van der Waals surface area contributed by atoms with Gasteiger partial charge in [0.25, 0.3) is 0 Å². The van der Waals surface area contributed by atoms with Gasteiger partial charge in [-0.3, -0.25) is 0 Å². The summed E-state index contributed by atoms with van der Waals surface area (Å²) in [5.41, 5.74) is -5.28. The Balaban J connectivity index is 2.14. The zero-order valence-electron chi connectivity index (χ0n) is 12.0. The van der Waals surface area contributed by atoms with Crippen LogP contribution in [0.4, 0.5) is 29.3 Å². The van der Waals surface area contributed by atoms with Gasteiger partial charge in [0, 0.05) is 4.90 Å². The number of nitrogens with zero attached hydrogens (tertiary/aromatic N) is 1. The van der Waals surface area contributed by atoms with E-state index in [1.54, 1.807) is 18.2 Å². The number of alkyl halides is 3. The molecule has 132 valence electrons. The third-order valence-corrected chi connectivity index (χ3v) is 5.34. The second-order valence-corrected chi connectivity index (χ2v) is 7.37. The molecule has 1 aliphatic rings. The Morgan fingerprint density at radius 3 is 2.36 bits per heavy atom. The largest absolute Gasteiger partial charge is 0.534 e. The second-order valence-electron chi connectivity index (χ2n) is 4.78. The summed E-state index contributed by atoms with van der Waals surface area (Å²) < 4.78 is 64.5. The van der Waals surface area contributed by atoms with E-state index in [2.05, 4.69) is 4.18 Å². The van der Waals surface area contributed by atoms with Gasteiger partial charge in [0.05, 0.1) is 16.3 Å². The number of carboxylic acid groups (broad SMARTS) is 1. The molecule has 0 radical (unpaired) electrons. The molecule has 0 saturated carbocycles. The third kappa shape index (κ3) is 3.00. The van der Waals surface area contributed by atoms with Crippen molar-refractivity contribution in [3.05, 3.63) is 42.5 Å². The molecule has 0 aromatic heterocycles. The van der Waals surface area contributed by atoms with Crippen LogP contribution in [0, 0.1) is 0 Å². The Morgan fingerprint density at radius 1 is 1.08 bits per heavy atom. The molecule has 3 rings (SSSR count). The molecular formula is C14H8F3NO5S2. The zero-order chi connectivity index (χ0) is 18.4. The highest BCUT2D eigenvalue weighted by Gasteiger charge is 2.49. The highest BCUT2D eigenvalue weighted by Crippen LogP contribution is 2.52. The summed E-state index contributed by atoms with van der Waals surface area (Å²) in [5, 5.41) is 9.46. The molecule has 2 aromatic carbocycles. The van der Waals surface area contributed by atoms with E-state index in [0.29, 0.717) is 10.6 Å². The standard InChI is InChI=1S/C14H8F3NO5S2/c15-14(16,17)25(21,22)23-10-6-3-5-9-12(10)24-11-7-2-1-4-8(11)18(9)13(19)20/h1-7H,(H,19,20). The fourth-order valence-electron chi connectivity index (χ4n) is 2.19. The topological polar surface area (TPSA) is 83.9 Å². The molecule has 0 spiro atoms. The number of halogens is 3. The molecule has 0 unspecified atom stereocenters. The lowest BCUT2D eigenvalue weighted by atomic mass is 10.2. The van der Waals surface area contributed by atoms with Gasteiger partial charge in [0.15, 0.2) is 5.75 Å². The van der Waals surface area contributed by atoms with Gasteiger partial charge >= 0.3 is 21.7 Å². The van der Waals surface area contributed by atoms with Gasteiger partial charge in [-0.15, -0.1) is 0 Å². The van der Waals surface area contributed by atoms with Gasteiger partial charge in [-0.1, -0.05) is 30.0 Å². The third-order valence-electron chi connectivity index (χ3n) is 3.19. The smallest absolute Gasteiger partial charge is 0.464 e. The van der Waals surface area contributed by atoms with Crippen molar-refractivity contribution in [3.8, 4) is 5.75 Å². The minimum atomic E-state index is -5.88. The van der Waals surface area contributed by atoms with Crippen molar-refractivity contribution in [1.82, 2.24) is 0 Å². The summed E-state index contributed by atoms with van der Waals surface area (Å²) in [6, 6.07) is 9.90. The van der Waals surface area contributed by atoms with Gasteiger partial charge in [0.1, 0.15) is 0 Å². The number of para-hydroxylation sites is 1. The highest BCUT2D eigenvalue weighted by molar-refractivity contribution is 8.00. The molecule has 1 aliphatic heterocycles. The molecule has 1 heterocycles. The quantitative estimate of drug-likeness (QED) is 0.610. The molecule has 0 fully saturated rings. The monoisotopic (exact) mass is 391 g/mol. The lowest BCUT2D eigenvalue weighted by Crippen LogP contribution is -2.29. The first kappa shape index (κ1) is 17.4. The van der Waals surface area contributed by atoms with Crippen LogP contribution in [0.15, 0.2) is 52.3 Å². The zero-order valence-corrected chi connectivity index (χ0v) is 13.7. The van der Waals surface area contributed by atoms with Crippen molar-refractivity contribution in [2.24, 2.45) is 0 Å². The van der Waals surface area contributed by atoms with Crippen molar-refractivity contribution in [2.75, 3.05) is 4.90 Å². The van der Waals surface area contributed by atoms with Crippen LogP contribution in [0.1, 0.15) is 0 Å². The van der Waals surface area contributed by atoms with Crippen LogP contribution in [0.2, 0.25) is 0 Å². The average molecular weight is 391 g/mol. The van der Waals surface area contributed by atoms with Gasteiger partial charge in [-0.25, -0.2) is 9.69 Å². The Hall–Kier alpha value is -2.40. The van der Waals surface area contributed by atoms with Crippen LogP contribution in [0.5, 0.6) is 5.75 Å². The fourth-order valence-corrected chi connectivity index (χ4v) is 3.82. The molecule has 6 nitrogen and oxygen atoms in total. The maximum Gasteiger partial charge on any atom is 0.534 e. The van der Waals surface area contributed by atoms with E-state index in [4.69, 9.17) is 0 Å². The molecule has 0 atom stereocenters. The first-order valence-corrected chi connectivity index (χ1v) is 8.78. The van der Waals surface area contributed by atoms with Crippen LogP contribution in [-0.4, -0.2) is 25.1 Å². The summed E-state index contributed by atoms with van der Waals surface area (Å²) in [6.07, 6.45) is -1.37. The number of carbonyl (C=O) groups is 1. The van der Waals surface area contributed by atoms with Crippen LogP contribution in [-0.2, 0) is 10.1 Å². The fraction of sp³-hybridized carbons (Fsp3) is 0.0714. The Labute approximate surface area is 143 Å². The molecule has 25 heavy (non-hydrogen) atoms. The van der Waals surface area contributed by atoms with Gasteiger partial charge in [-0.2, -0.15) is 21.6 Å². The van der Waals surface area contributed by atoms with E-state index in [0.717, 1.165) is 22.7 Å². The maximum atomic E-state index is 12.6.